The number of hydrogen-bond acceptors (Lipinski definition) is 4. The van der Waals surface area contributed by atoms with Crippen molar-refractivity contribution >= 4 is 30.5 Å². The summed E-state index contributed by atoms with van der Waals surface area (Å²) in [6.45, 7) is 4.72. The Morgan fingerprint density at radius 2 is 1.56 bits per heavy atom. The number of β-amino-alcohol motifs (C(OH)–C–C–N with tert-alkyl or cyclic N) is 1. The van der Waals surface area contributed by atoms with E-state index in [-0.39, 0.29) is 43.8 Å². The number of benzene rings is 2. The molecular weight excluding hydrogens is 390 g/mol. The van der Waals surface area contributed by atoms with Crippen LogP contribution in [0.15, 0.2) is 54.6 Å². The van der Waals surface area contributed by atoms with Crippen molar-refractivity contribution in [3.8, 4) is 0 Å². The van der Waals surface area contributed by atoms with E-state index < -0.39 is 6.10 Å². The van der Waals surface area contributed by atoms with E-state index in [1.807, 2.05) is 6.07 Å². The summed E-state index contributed by atoms with van der Waals surface area (Å²) < 4.78 is 19.0. The van der Waals surface area contributed by atoms with Gasteiger partial charge in [0.25, 0.3) is 0 Å². The second kappa shape index (κ2) is 12.2. The lowest BCUT2D eigenvalue weighted by Gasteiger charge is -2.36. The minimum absolute atomic E-state index is 0. The second-order valence-electron chi connectivity index (χ2n) is 6.38. The van der Waals surface area contributed by atoms with Crippen LogP contribution in [0.3, 0.4) is 0 Å². The van der Waals surface area contributed by atoms with Gasteiger partial charge in [0, 0.05) is 44.0 Å². The van der Waals surface area contributed by atoms with Crippen molar-refractivity contribution in [3.63, 3.8) is 0 Å². The topological polar surface area (TPSA) is 35.9 Å². The predicted octanol–water partition coefficient (Wildman–Crippen LogP) is 3.37. The van der Waals surface area contributed by atoms with Crippen LogP contribution in [0.5, 0.6) is 0 Å². The quantitative estimate of drug-likeness (QED) is 0.750. The van der Waals surface area contributed by atoms with Gasteiger partial charge >= 0.3 is 0 Å². The average Bonchev–Trinajstić information content (AvgIpc) is 2.65. The third kappa shape index (κ3) is 7.28. The van der Waals surface area contributed by atoms with Crippen molar-refractivity contribution < 1.29 is 14.2 Å². The third-order valence-corrected chi connectivity index (χ3v) is 4.49. The summed E-state index contributed by atoms with van der Waals surface area (Å²) >= 11 is 0. The van der Waals surface area contributed by atoms with Crippen LogP contribution in [0.1, 0.15) is 5.56 Å². The zero-order chi connectivity index (χ0) is 17.5. The van der Waals surface area contributed by atoms with Gasteiger partial charge in [0.2, 0.25) is 0 Å². The highest BCUT2D eigenvalue weighted by atomic mass is 35.5. The van der Waals surface area contributed by atoms with E-state index in [0.29, 0.717) is 12.1 Å². The zero-order valence-corrected chi connectivity index (χ0v) is 16.8. The van der Waals surface area contributed by atoms with Gasteiger partial charge in [-0.05, 0) is 18.2 Å². The van der Waals surface area contributed by atoms with Crippen LogP contribution in [-0.4, -0.2) is 55.4 Å². The lowest BCUT2D eigenvalue weighted by Crippen LogP contribution is -2.49. The molecule has 0 radical (unpaired) electrons. The van der Waals surface area contributed by atoms with Gasteiger partial charge in [-0.2, -0.15) is 0 Å². The maximum Gasteiger partial charge on any atom is 0.128 e. The van der Waals surface area contributed by atoms with Crippen LogP contribution in [0.25, 0.3) is 0 Å². The molecule has 27 heavy (non-hydrogen) atoms. The summed E-state index contributed by atoms with van der Waals surface area (Å²) in [5, 5.41) is 10.2. The van der Waals surface area contributed by atoms with Gasteiger partial charge in [0.05, 0.1) is 19.3 Å². The molecule has 1 N–H and O–H groups in total. The molecule has 0 spiro atoms. The first kappa shape index (κ1) is 23.7. The number of aliphatic hydroxyl groups excluding tert-OH is 1. The number of hydrogen-bond donors (Lipinski definition) is 1. The van der Waals surface area contributed by atoms with Gasteiger partial charge in [-0.1, -0.05) is 36.4 Å². The van der Waals surface area contributed by atoms with Gasteiger partial charge < -0.3 is 14.7 Å². The Hall–Kier alpha value is -1.37. The van der Waals surface area contributed by atoms with E-state index in [4.69, 9.17) is 4.74 Å². The number of halogens is 3. The summed E-state index contributed by atoms with van der Waals surface area (Å²) in [6.07, 6.45) is -0.560. The molecular formula is C20H27Cl2FN2O2. The van der Waals surface area contributed by atoms with Crippen molar-refractivity contribution in [2.75, 3.05) is 44.2 Å². The summed E-state index contributed by atoms with van der Waals surface area (Å²) in [5.74, 6) is -0.269. The molecule has 1 aliphatic heterocycles. The Morgan fingerprint density at radius 1 is 0.926 bits per heavy atom. The predicted molar refractivity (Wildman–Crippen MR) is 112 cm³/mol. The van der Waals surface area contributed by atoms with Crippen molar-refractivity contribution in [1.82, 2.24) is 4.90 Å². The molecule has 2 aromatic rings. The Balaban J connectivity index is 0.00000182. The van der Waals surface area contributed by atoms with E-state index in [1.165, 1.54) is 11.8 Å². The Kier molecular flexibility index (Phi) is 10.7. The monoisotopic (exact) mass is 416 g/mol. The average molecular weight is 417 g/mol. The molecule has 1 aliphatic rings. The van der Waals surface area contributed by atoms with Crippen molar-refractivity contribution in [3.05, 3.63) is 66.0 Å². The third-order valence-electron chi connectivity index (χ3n) is 4.49. The standard InChI is InChI=1S/C20H25FN2O2.2ClH/c21-20-9-5-4-6-17(20)15-25-16-19(24)14-22-10-12-23(13-11-22)18-7-2-1-3-8-18;;/h1-9,19,24H,10-16H2;2*1H. The van der Waals surface area contributed by atoms with Crippen molar-refractivity contribution in [2.45, 2.75) is 12.7 Å². The molecule has 1 heterocycles. The molecule has 0 aliphatic carbocycles. The molecule has 0 bridgehead atoms. The number of para-hydroxylation sites is 1. The van der Waals surface area contributed by atoms with Crippen molar-refractivity contribution in [2.24, 2.45) is 0 Å². The highest BCUT2D eigenvalue weighted by Crippen LogP contribution is 2.15. The second-order valence-corrected chi connectivity index (χ2v) is 6.38. The number of piperazine rings is 1. The fourth-order valence-electron chi connectivity index (χ4n) is 3.10. The van der Waals surface area contributed by atoms with Crippen LogP contribution >= 0.6 is 24.8 Å². The number of nitrogens with zero attached hydrogens (tertiary/aromatic N) is 2. The molecule has 1 fully saturated rings. The fourth-order valence-corrected chi connectivity index (χ4v) is 3.10. The van der Waals surface area contributed by atoms with E-state index in [9.17, 15) is 9.50 Å². The van der Waals surface area contributed by atoms with Crippen LogP contribution in [-0.2, 0) is 11.3 Å². The van der Waals surface area contributed by atoms with Gasteiger partial charge in [-0.3, -0.25) is 4.90 Å². The normalized spacial score (nSPS) is 15.6. The van der Waals surface area contributed by atoms with Crippen LogP contribution in [0.2, 0.25) is 0 Å². The number of rotatable bonds is 7. The van der Waals surface area contributed by atoms with E-state index in [0.717, 1.165) is 26.2 Å². The number of aliphatic hydroxyl groups is 1. The highest BCUT2D eigenvalue weighted by molar-refractivity contribution is 5.85. The Labute approximate surface area is 172 Å². The summed E-state index contributed by atoms with van der Waals surface area (Å²) in [6, 6.07) is 16.9. The smallest absolute Gasteiger partial charge is 0.128 e. The molecule has 4 nitrogen and oxygen atoms in total. The minimum atomic E-state index is -0.560. The first-order valence-electron chi connectivity index (χ1n) is 8.74. The largest absolute Gasteiger partial charge is 0.389 e. The molecule has 2 aromatic carbocycles. The summed E-state index contributed by atoms with van der Waals surface area (Å²) in [5.41, 5.74) is 1.77. The number of anilines is 1. The maximum absolute atomic E-state index is 13.5. The van der Waals surface area contributed by atoms with E-state index in [2.05, 4.69) is 34.1 Å². The molecule has 0 saturated carbocycles. The molecule has 3 rings (SSSR count). The van der Waals surface area contributed by atoms with Crippen LogP contribution in [0.4, 0.5) is 10.1 Å². The zero-order valence-electron chi connectivity index (χ0n) is 15.2. The van der Waals surface area contributed by atoms with Gasteiger partial charge in [0.15, 0.2) is 0 Å². The van der Waals surface area contributed by atoms with E-state index in [1.54, 1.807) is 18.2 Å². The lowest BCUT2D eigenvalue weighted by atomic mass is 10.2. The first-order chi connectivity index (χ1) is 12.2. The molecule has 1 atom stereocenters. The molecule has 7 heteroatoms. The molecule has 1 saturated heterocycles. The van der Waals surface area contributed by atoms with Crippen molar-refractivity contribution in [1.29, 1.82) is 0 Å². The molecule has 0 aromatic heterocycles. The first-order valence-corrected chi connectivity index (χ1v) is 8.74. The highest BCUT2D eigenvalue weighted by Gasteiger charge is 2.19. The van der Waals surface area contributed by atoms with Crippen LogP contribution < -0.4 is 4.90 Å². The van der Waals surface area contributed by atoms with Gasteiger partial charge in [0.1, 0.15) is 5.82 Å². The fraction of sp³-hybridized carbons (Fsp3) is 0.400. The van der Waals surface area contributed by atoms with Gasteiger partial charge in [-0.25, -0.2) is 4.39 Å². The summed E-state index contributed by atoms with van der Waals surface area (Å²) in [4.78, 5) is 4.61. The molecule has 1 unspecified atom stereocenters. The number of ether oxygens (including phenoxy) is 1. The lowest BCUT2D eigenvalue weighted by molar-refractivity contribution is 0.00839. The van der Waals surface area contributed by atoms with E-state index >= 15 is 0 Å². The van der Waals surface area contributed by atoms with Gasteiger partial charge in [-0.15, -0.1) is 24.8 Å². The Morgan fingerprint density at radius 3 is 2.22 bits per heavy atom. The van der Waals surface area contributed by atoms with Crippen LogP contribution in [0, 0.1) is 5.82 Å². The minimum Gasteiger partial charge on any atom is -0.389 e. The SMILES string of the molecule is Cl.Cl.OC(COCc1ccccc1F)CN1CCN(c2ccccc2)CC1. The maximum atomic E-state index is 13.5. The molecule has 150 valence electrons. The Bertz CT molecular complexity index is 655. The summed E-state index contributed by atoms with van der Waals surface area (Å²) in [7, 11) is 0. The molecule has 0 amide bonds.